The molecule has 0 saturated carbocycles. The third-order valence-electron chi connectivity index (χ3n) is 3.16. The van der Waals surface area contributed by atoms with E-state index in [9.17, 15) is 10.2 Å². The smallest absolute Gasteiger partial charge is 0.140 e. The largest absolute Gasteiger partial charge is 0.508 e. The molecule has 1 heterocycles. The molecule has 0 atom stereocenters. The van der Waals surface area contributed by atoms with Crippen LogP contribution in [-0.2, 0) is 7.05 Å². The first-order chi connectivity index (χ1) is 9.63. The Labute approximate surface area is 116 Å². The Kier molecular flexibility index (Phi) is 2.91. The Morgan fingerprint density at radius 2 is 1.30 bits per heavy atom. The monoisotopic (exact) mass is 266 g/mol. The van der Waals surface area contributed by atoms with Crippen molar-refractivity contribution in [2.45, 2.75) is 0 Å². The average molecular weight is 266 g/mol. The van der Waals surface area contributed by atoms with Crippen LogP contribution >= 0.6 is 0 Å². The lowest BCUT2D eigenvalue weighted by Crippen LogP contribution is -1.90. The van der Waals surface area contributed by atoms with Crippen molar-refractivity contribution >= 4 is 0 Å². The fraction of sp³-hybridized carbons (Fsp3) is 0.0625. The number of benzene rings is 2. The van der Waals surface area contributed by atoms with Gasteiger partial charge in [0.1, 0.15) is 17.3 Å². The molecule has 4 nitrogen and oxygen atoms in total. The van der Waals surface area contributed by atoms with Gasteiger partial charge in [-0.25, -0.2) is 4.98 Å². The normalized spacial score (nSPS) is 10.7. The number of aromatic nitrogens is 2. The second-order valence-electron chi connectivity index (χ2n) is 4.65. The minimum absolute atomic E-state index is 0.238. The maximum atomic E-state index is 9.33. The van der Waals surface area contributed by atoms with Crippen molar-refractivity contribution in [3.8, 4) is 34.1 Å². The van der Waals surface area contributed by atoms with Crippen LogP contribution in [0.4, 0.5) is 0 Å². The van der Waals surface area contributed by atoms with Gasteiger partial charge < -0.3 is 14.8 Å². The molecule has 20 heavy (non-hydrogen) atoms. The van der Waals surface area contributed by atoms with Crippen molar-refractivity contribution in [1.82, 2.24) is 9.55 Å². The van der Waals surface area contributed by atoms with Crippen LogP contribution in [0.1, 0.15) is 0 Å². The summed E-state index contributed by atoms with van der Waals surface area (Å²) in [4.78, 5) is 4.61. The molecule has 2 aromatic carbocycles. The fourth-order valence-electron chi connectivity index (χ4n) is 2.12. The van der Waals surface area contributed by atoms with E-state index in [1.807, 2.05) is 42.1 Å². The van der Waals surface area contributed by atoms with Crippen molar-refractivity contribution in [3.05, 3.63) is 54.7 Å². The topological polar surface area (TPSA) is 58.3 Å². The first-order valence-electron chi connectivity index (χ1n) is 6.25. The third-order valence-corrected chi connectivity index (χ3v) is 3.16. The van der Waals surface area contributed by atoms with E-state index in [0.717, 1.165) is 22.6 Å². The Balaban J connectivity index is 2.02. The molecule has 2 N–H and O–H groups in total. The minimum atomic E-state index is 0.238. The zero-order chi connectivity index (χ0) is 14.1. The van der Waals surface area contributed by atoms with Crippen molar-refractivity contribution in [2.75, 3.05) is 0 Å². The molecule has 0 amide bonds. The molecule has 4 heteroatoms. The molecular formula is C16H14N2O2. The molecule has 0 aliphatic carbocycles. The van der Waals surface area contributed by atoms with E-state index in [1.54, 1.807) is 24.3 Å². The van der Waals surface area contributed by atoms with Crippen LogP contribution in [0.25, 0.3) is 22.6 Å². The van der Waals surface area contributed by atoms with E-state index < -0.39 is 0 Å². The Bertz CT molecular complexity index is 728. The SMILES string of the molecule is Cn1cc(-c2ccc(O)cc2)nc1-c1ccc(O)cc1. The maximum absolute atomic E-state index is 9.33. The van der Waals surface area contributed by atoms with Gasteiger partial charge in [0.05, 0.1) is 5.69 Å². The van der Waals surface area contributed by atoms with Crippen molar-refractivity contribution in [1.29, 1.82) is 0 Å². The first-order valence-corrected chi connectivity index (χ1v) is 6.25. The second kappa shape index (κ2) is 4.74. The Morgan fingerprint density at radius 1 is 0.800 bits per heavy atom. The van der Waals surface area contributed by atoms with Crippen LogP contribution in [0.3, 0.4) is 0 Å². The Morgan fingerprint density at radius 3 is 1.85 bits per heavy atom. The van der Waals surface area contributed by atoms with Gasteiger partial charge in [-0.3, -0.25) is 0 Å². The van der Waals surface area contributed by atoms with E-state index in [2.05, 4.69) is 4.98 Å². The van der Waals surface area contributed by atoms with Crippen LogP contribution in [0.5, 0.6) is 11.5 Å². The number of aryl methyl sites for hydroxylation is 1. The summed E-state index contributed by atoms with van der Waals surface area (Å²) < 4.78 is 1.94. The molecule has 0 saturated heterocycles. The molecule has 3 rings (SSSR count). The van der Waals surface area contributed by atoms with E-state index in [-0.39, 0.29) is 11.5 Å². The summed E-state index contributed by atoms with van der Waals surface area (Å²) in [5, 5.41) is 18.6. The summed E-state index contributed by atoms with van der Waals surface area (Å²) in [6, 6.07) is 13.9. The highest BCUT2D eigenvalue weighted by Crippen LogP contribution is 2.26. The number of nitrogens with zero attached hydrogens (tertiary/aromatic N) is 2. The highest BCUT2D eigenvalue weighted by molar-refractivity contribution is 5.65. The molecule has 0 spiro atoms. The van der Waals surface area contributed by atoms with E-state index in [1.165, 1.54) is 0 Å². The highest BCUT2D eigenvalue weighted by atomic mass is 16.3. The van der Waals surface area contributed by atoms with Gasteiger partial charge in [-0.2, -0.15) is 0 Å². The Hall–Kier alpha value is -2.75. The predicted molar refractivity (Wildman–Crippen MR) is 77.4 cm³/mol. The first kappa shape index (κ1) is 12.3. The molecule has 0 radical (unpaired) electrons. The van der Waals surface area contributed by atoms with Gasteiger partial charge in [0.25, 0.3) is 0 Å². The van der Waals surface area contributed by atoms with Gasteiger partial charge in [0, 0.05) is 24.4 Å². The number of aromatic hydroxyl groups is 2. The van der Waals surface area contributed by atoms with Crippen LogP contribution < -0.4 is 0 Å². The molecule has 0 aliphatic rings. The van der Waals surface area contributed by atoms with Crippen molar-refractivity contribution < 1.29 is 10.2 Å². The minimum Gasteiger partial charge on any atom is -0.508 e. The van der Waals surface area contributed by atoms with Crippen LogP contribution in [0, 0.1) is 0 Å². The molecule has 0 bridgehead atoms. The number of rotatable bonds is 2. The zero-order valence-electron chi connectivity index (χ0n) is 11.0. The summed E-state index contributed by atoms with van der Waals surface area (Å²) in [6.07, 6.45) is 1.94. The number of hydrogen-bond donors (Lipinski definition) is 2. The number of imidazole rings is 1. The average Bonchev–Trinajstić information content (AvgIpc) is 2.82. The van der Waals surface area contributed by atoms with Gasteiger partial charge in [-0.15, -0.1) is 0 Å². The maximum Gasteiger partial charge on any atom is 0.140 e. The zero-order valence-corrected chi connectivity index (χ0v) is 11.0. The van der Waals surface area contributed by atoms with Crippen molar-refractivity contribution in [3.63, 3.8) is 0 Å². The molecular weight excluding hydrogens is 252 g/mol. The van der Waals surface area contributed by atoms with Crippen LogP contribution in [0.15, 0.2) is 54.7 Å². The molecule has 3 aromatic rings. The summed E-state index contributed by atoms with van der Waals surface area (Å²) in [5.41, 5.74) is 2.73. The van der Waals surface area contributed by atoms with Gasteiger partial charge in [-0.05, 0) is 48.5 Å². The highest BCUT2D eigenvalue weighted by Gasteiger charge is 2.09. The van der Waals surface area contributed by atoms with Crippen LogP contribution in [-0.4, -0.2) is 19.8 Å². The van der Waals surface area contributed by atoms with Crippen LogP contribution in [0.2, 0.25) is 0 Å². The predicted octanol–water partition coefficient (Wildman–Crippen LogP) is 3.17. The fourth-order valence-corrected chi connectivity index (χ4v) is 2.12. The van der Waals surface area contributed by atoms with Gasteiger partial charge in [0.2, 0.25) is 0 Å². The van der Waals surface area contributed by atoms with Gasteiger partial charge in [0.15, 0.2) is 0 Å². The summed E-state index contributed by atoms with van der Waals surface area (Å²) in [6.45, 7) is 0. The van der Waals surface area contributed by atoms with E-state index >= 15 is 0 Å². The molecule has 0 unspecified atom stereocenters. The molecule has 1 aromatic heterocycles. The lowest BCUT2D eigenvalue weighted by Gasteiger charge is -2.01. The standard InChI is InChI=1S/C16H14N2O2/c1-18-10-15(11-2-6-13(19)7-3-11)17-16(18)12-4-8-14(20)9-5-12/h2-10,19-20H,1H3. The van der Waals surface area contributed by atoms with E-state index in [0.29, 0.717) is 0 Å². The lowest BCUT2D eigenvalue weighted by atomic mass is 10.1. The summed E-state index contributed by atoms with van der Waals surface area (Å²) >= 11 is 0. The molecule has 100 valence electrons. The third kappa shape index (κ3) is 2.23. The number of hydrogen-bond acceptors (Lipinski definition) is 3. The van der Waals surface area contributed by atoms with Crippen molar-refractivity contribution in [2.24, 2.45) is 7.05 Å². The molecule has 0 fully saturated rings. The summed E-state index contributed by atoms with van der Waals surface area (Å²) in [7, 11) is 1.93. The lowest BCUT2D eigenvalue weighted by molar-refractivity contribution is 0.475. The quantitative estimate of drug-likeness (QED) is 0.749. The summed E-state index contributed by atoms with van der Waals surface area (Å²) in [5.74, 6) is 1.30. The second-order valence-corrected chi connectivity index (χ2v) is 4.65. The van der Waals surface area contributed by atoms with E-state index in [4.69, 9.17) is 0 Å². The molecule has 0 aliphatic heterocycles. The van der Waals surface area contributed by atoms with Gasteiger partial charge >= 0.3 is 0 Å². The number of phenolic OH excluding ortho intramolecular Hbond substituents is 2. The van der Waals surface area contributed by atoms with Gasteiger partial charge in [-0.1, -0.05) is 0 Å². The number of phenols is 2.